The normalized spacial score (nSPS) is 11.0. The van der Waals surface area contributed by atoms with E-state index in [2.05, 4.69) is 21.8 Å². The van der Waals surface area contributed by atoms with Crippen molar-refractivity contribution in [3.8, 4) is 0 Å². The van der Waals surface area contributed by atoms with Gasteiger partial charge in [0.25, 0.3) is 0 Å². The van der Waals surface area contributed by atoms with Crippen LogP contribution < -0.4 is 5.32 Å². The van der Waals surface area contributed by atoms with Crippen molar-refractivity contribution in [3.05, 3.63) is 53.1 Å². The van der Waals surface area contributed by atoms with Crippen LogP contribution in [0.3, 0.4) is 0 Å². The molecule has 4 nitrogen and oxygen atoms in total. The quantitative estimate of drug-likeness (QED) is 0.669. The van der Waals surface area contributed by atoms with Crippen LogP contribution in [0.5, 0.6) is 0 Å². The summed E-state index contributed by atoms with van der Waals surface area (Å²) in [5, 5.41) is 4.42. The molecular formula is C18H18ClN3OS. The third-order valence-corrected chi connectivity index (χ3v) is 5.20. The molecule has 3 aromatic rings. The minimum absolute atomic E-state index is 0.0694. The average Bonchev–Trinajstić information content (AvgIpc) is 2.94. The molecule has 6 heteroatoms. The molecule has 24 heavy (non-hydrogen) atoms. The van der Waals surface area contributed by atoms with Gasteiger partial charge in [0, 0.05) is 17.3 Å². The van der Waals surface area contributed by atoms with Gasteiger partial charge in [-0.05, 0) is 43.7 Å². The number of aromatic nitrogens is 2. The van der Waals surface area contributed by atoms with Crippen molar-refractivity contribution in [2.45, 2.75) is 25.5 Å². The van der Waals surface area contributed by atoms with E-state index >= 15 is 0 Å². The number of para-hydroxylation sites is 2. The van der Waals surface area contributed by atoms with Crippen molar-refractivity contribution >= 4 is 46.0 Å². The third kappa shape index (κ3) is 3.42. The fourth-order valence-corrected chi connectivity index (χ4v) is 3.58. The van der Waals surface area contributed by atoms with Crippen LogP contribution in [0.2, 0.25) is 5.02 Å². The molecule has 0 spiro atoms. The van der Waals surface area contributed by atoms with Gasteiger partial charge < -0.3 is 9.88 Å². The van der Waals surface area contributed by atoms with Gasteiger partial charge in [0.05, 0.1) is 16.8 Å². The number of carbonyl (C=O) groups excluding carboxylic acids is 1. The highest BCUT2D eigenvalue weighted by Gasteiger charge is 2.12. The largest absolute Gasteiger partial charge is 0.325 e. The third-order valence-electron chi connectivity index (χ3n) is 3.81. The number of nitrogens with zero attached hydrogens (tertiary/aromatic N) is 2. The Hall–Kier alpha value is -1.98. The molecule has 1 N–H and O–H groups in total. The van der Waals surface area contributed by atoms with Crippen molar-refractivity contribution < 1.29 is 4.79 Å². The zero-order chi connectivity index (χ0) is 17.1. The monoisotopic (exact) mass is 359 g/mol. The number of halogens is 1. The summed E-state index contributed by atoms with van der Waals surface area (Å²) >= 11 is 7.53. The lowest BCUT2D eigenvalue weighted by molar-refractivity contribution is -0.113. The molecule has 0 saturated heterocycles. The molecule has 0 aliphatic heterocycles. The fourth-order valence-electron chi connectivity index (χ4n) is 2.53. The topological polar surface area (TPSA) is 46.9 Å². The Morgan fingerprint density at radius 2 is 2.04 bits per heavy atom. The van der Waals surface area contributed by atoms with E-state index in [0.717, 1.165) is 34.0 Å². The van der Waals surface area contributed by atoms with E-state index in [9.17, 15) is 4.79 Å². The van der Waals surface area contributed by atoms with Crippen LogP contribution in [-0.4, -0.2) is 21.2 Å². The molecule has 0 unspecified atom stereocenters. The first-order chi connectivity index (χ1) is 11.6. The maximum atomic E-state index is 12.3. The highest BCUT2D eigenvalue weighted by atomic mass is 35.5. The summed E-state index contributed by atoms with van der Waals surface area (Å²) < 4.78 is 2.12. The Morgan fingerprint density at radius 3 is 2.83 bits per heavy atom. The number of hydrogen-bond acceptors (Lipinski definition) is 3. The van der Waals surface area contributed by atoms with Crippen LogP contribution in [0, 0.1) is 6.92 Å². The summed E-state index contributed by atoms with van der Waals surface area (Å²) in [5.41, 5.74) is 3.66. The number of rotatable bonds is 5. The van der Waals surface area contributed by atoms with Gasteiger partial charge in [-0.2, -0.15) is 0 Å². The standard InChI is InChI=1S/C18H18ClN3OS/c1-3-22-16-10-5-4-8-15(16)21-18(22)24-11-17(23)20-14-9-6-7-13(19)12(14)2/h4-10H,3,11H2,1-2H3,(H,20,23). The van der Waals surface area contributed by atoms with Crippen LogP contribution in [0.1, 0.15) is 12.5 Å². The predicted molar refractivity (Wildman–Crippen MR) is 101 cm³/mol. The van der Waals surface area contributed by atoms with Crippen LogP contribution in [0.4, 0.5) is 5.69 Å². The van der Waals surface area contributed by atoms with Gasteiger partial charge >= 0.3 is 0 Å². The Kier molecular flexibility index (Phi) is 5.11. The molecular weight excluding hydrogens is 342 g/mol. The summed E-state index contributed by atoms with van der Waals surface area (Å²) in [5.74, 6) is 0.231. The molecule has 0 atom stereocenters. The lowest BCUT2D eigenvalue weighted by Crippen LogP contribution is -2.15. The van der Waals surface area contributed by atoms with Crippen molar-refractivity contribution in [2.24, 2.45) is 0 Å². The molecule has 0 fully saturated rings. The van der Waals surface area contributed by atoms with Gasteiger partial charge in [0.15, 0.2) is 5.16 Å². The van der Waals surface area contributed by atoms with E-state index in [0.29, 0.717) is 10.8 Å². The summed E-state index contributed by atoms with van der Waals surface area (Å²) in [4.78, 5) is 16.9. The number of aryl methyl sites for hydroxylation is 1. The smallest absolute Gasteiger partial charge is 0.234 e. The molecule has 124 valence electrons. The molecule has 2 aromatic carbocycles. The maximum Gasteiger partial charge on any atom is 0.234 e. The minimum atomic E-state index is -0.0694. The van der Waals surface area contributed by atoms with Gasteiger partial charge in [-0.15, -0.1) is 0 Å². The molecule has 0 bridgehead atoms. The second kappa shape index (κ2) is 7.28. The van der Waals surface area contributed by atoms with E-state index in [4.69, 9.17) is 11.6 Å². The fraction of sp³-hybridized carbons (Fsp3) is 0.222. The lowest BCUT2D eigenvalue weighted by atomic mass is 10.2. The number of nitrogens with one attached hydrogen (secondary N) is 1. The van der Waals surface area contributed by atoms with E-state index in [1.807, 2.05) is 49.4 Å². The molecule has 3 rings (SSSR count). The Balaban J connectivity index is 1.71. The lowest BCUT2D eigenvalue weighted by Gasteiger charge is -2.09. The summed E-state index contributed by atoms with van der Waals surface area (Å²) in [6, 6.07) is 13.5. The Morgan fingerprint density at radius 1 is 1.25 bits per heavy atom. The predicted octanol–water partition coefficient (Wildman–Crippen LogP) is 4.75. The number of imidazole rings is 1. The van der Waals surface area contributed by atoms with Gasteiger partial charge in [0.1, 0.15) is 0 Å². The first kappa shape index (κ1) is 16.9. The number of anilines is 1. The Bertz CT molecular complexity index is 891. The van der Waals surface area contributed by atoms with Crippen molar-refractivity contribution in [2.75, 3.05) is 11.1 Å². The van der Waals surface area contributed by atoms with E-state index in [-0.39, 0.29) is 5.91 Å². The second-order valence-corrected chi connectivity index (χ2v) is 6.73. The summed E-state index contributed by atoms with van der Waals surface area (Å²) in [7, 11) is 0. The number of thioether (sulfide) groups is 1. The van der Waals surface area contributed by atoms with Gasteiger partial charge in [-0.25, -0.2) is 4.98 Å². The van der Waals surface area contributed by atoms with Gasteiger partial charge in [-0.3, -0.25) is 4.79 Å². The highest BCUT2D eigenvalue weighted by Crippen LogP contribution is 2.25. The number of amides is 1. The minimum Gasteiger partial charge on any atom is -0.325 e. The van der Waals surface area contributed by atoms with E-state index in [1.165, 1.54) is 11.8 Å². The van der Waals surface area contributed by atoms with Crippen molar-refractivity contribution in [1.82, 2.24) is 9.55 Å². The van der Waals surface area contributed by atoms with Crippen molar-refractivity contribution in [3.63, 3.8) is 0 Å². The molecule has 1 amide bonds. The Labute approximate surface area is 150 Å². The first-order valence-electron chi connectivity index (χ1n) is 7.73. The highest BCUT2D eigenvalue weighted by molar-refractivity contribution is 7.99. The first-order valence-corrected chi connectivity index (χ1v) is 9.09. The molecule has 0 saturated carbocycles. The van der Waals surface area contributed by atoms with E-state index < -0.39 is 0 Å². The molecule has 0 radical (unpaired) electrons. The van der Waals surface area contributed by atoms with E-state index in [1.54, 1.807) is 0 Å². The van der Waals surface area contributed by atoms with Crippen LogP contribution in [0.25, 0.3) is 11.0 Å². The van der Waals surface area contributed by atoms with Crippen LogP contribution in [-0.2, 0) is 11.3 Å². The number of benzene rings is 2. The number of hydrogen-bond donors (Lipinski definition) is 1. The van der Waals surface area contributed by atoms with Gasteiger partial charge in [0.2, 0.25) is 5.91 Å². The summed E-state index contributed by atoms with van der Waals surface area (Å²) in [6.07, 6.45) is 0. The van der Waals surface area contributed by atoms with Crippen LogP contribution in [0.15, 0.2) is 47.6 Å². The van der Waals surface area contributed by atoms with Crippen molar-refractivity contribution in [1.29, 1.82) is 0 Å². The zero-order valence-corrected chi connectivity index (χ0v) is 15.1. The summed E-state index contributed by atoms with van der Waals surface area (Å²) in [6.45, 7) is 4.78. The SMILES string of the molecule is CCn1c(SCC(=O)Nc2cccc(Cl)c2C)nc2ccccc21. The van der Waals surface area contributed by atoms with Gasteiger partial charge in [-0.1, -0.05) is 41.6 Å². The second-order valence-electron chi connectivity index (χ2n) is 5.38. The average molecular weight is 360 g/mol. The molecule has 1 heterocycles. The zero-order valence-electron chi connectivity index (χ0n) is 13.5. The maximum absolute atomic E-state index is 12.3. The number of carbonyl (C=O) groups is 1. The van der Waals surface area contributed by atoms with Crippen LogP contribution >= 0.6 is 23.4 Å². The molecule has 0 aliphatic carbocycles. The number of fused-ring (bicyclic) bond motifs is 1. The molecule has 1 aromatic heterocycles. The molecule has 0 aliphatic rings.